The van der Waals surface area contributed by atoms with Crippen molar-refractivity contribution in [1.29, 1.82) is 0 Å². The smallest absolute Gasteiger partial charge is 0.0360 e. The van der Waals surface area contributed by atoms with Crippen molar-refractivity contribution in [1.82, 2.24) is 5.48 Å². The number of hydroxylamine groups is 1. The summed E-state index contributed by atoms with van der Waals surface area (Å²) in [5, 5.41) is 8.43. The van der Waals surface area contributed by atoms with E-state index in [0.717, 1.165) is 37.8 Å². The Morgan fingerprint density at radius 2 is 2.07 bits per heavy atom. The van der Waals surface area contributed by atoms with Gasteiger partial charge in [0.1, 0.15) is 0 Å². The summed E-state index contributed by atoms with van der Waals surface area (Å²) in [6.45, 7) is 7.02. The summed E-state index contributed by atoms with van der Waals surface area (Å²) in [6, 6.07) is 0. The van der Waals surface area contributed by atoms with Gasteiger partial charge >= 0.3 is 0 Å². The van der Waals surface area contributed by atoms with Gasteiger partial charge in [-0.25, -0.2) is 5.48 Å². The minimum atomic E-state index is 0.675. The molecule has 2 N–H and O–H groups in total. The largest absolute Gasteiger partial charge is 0.317 e. The van der Waals surface area contributed by atoms with Gasteiger partial charge in [-0.2, -0.15) is 0 Å². The second-order valence-electron chi connectivity index (χ2n) is 3.63. The van der Waals surface area contributed by atoms with Crippen molar-refractivity contribution < 1.29 is 5.21 Å². The Morgan fingerprint density at radius 1 is 1.33 bits per heavy atom. The van der Waals surface area contributed by atoms with Crippen molar-refractivity contribution in [3.8, 4) is 0 Å². The van der Waals surface area contributed by atoms with Crippen LogP contribution in [0.25, 0.3) is 0 Å². The first-order valence-electron chi connectivity index (χ1n) is 5.84. The third-order valence-corrected chi connectivity index (χ3v) is 2.42. The van der Waals surface area contributed by atoms with E-state index >= 15 is 0 Å². The monoisotopic (exact) mass is 212 g/mol. The molecule has 15 heavy (non-hydrogen) atoms. The minimum absolute atomic E-state index is 0.675. The quantitative estimate of drug-likeness (QED) is 0.368. The number of unbranched alkanes of at least 4 members (excludes halogenated alkanes) is 1. The van der Waals surface area contributed by atoms with Crippen LogP contribution in [0.4, 0.5) is 0 Å². The van der Waals surface area contributed by atoms with Crippen molar-refractivity contribution in [2.24, 2.45) is 4.99 Å². The highest BCUT2D eigenvalue weighted by Gasteiger charge is 1.99. The van der Waals surface area contributed by atoms with Crippen LogP contribution in [0.5, 0.6) is 0 Å². The first-order valence-corrected chi connectivity index (χ1v) is 5.84. The average molecular weight is 212 g/mol. The van der Waals surface area contributed by atoms with Gasteiger partial charge in [0.15, 0.2) is 0 Å². The summed E-state index contributed by atoms with van der Waals surface area (Å²) in [5.41, 5.74) is 4.77. The molecule has 0 heterocycles. The average Bonchev–Trinajstić information content (AvgIpc) is 2.26. The van der Waals surface area contributed by atoms with E-state index in [1.165, 1.54) is 5.57 Å². The molecule has 0 bridgehead atoms. The fourth-order valence-corrected chi connectivity index (χ4v) is 1.48. The molecule has 0 aromatic rings. The van der Waals surface area contributed by atoms with E-state index < -0.39 is 0 Å². The Balaban J connectivity index is 4.03. The summed E-state index contributed by atoms with van der Waals surface area (Å²) >= 11 is 0. The number of allylic oxidation sites excluding steroid dienone is 2. The van der Waals surface area contributed by atoms with Crippen LogP contribution in [-0.4, -0.2) is 18.0 Å². The molecule has 88 valence electrons. The molecule has 0 fully saturated rings. The first kappa shape index (κ1) is 14.3. The molecule has 0 rings (SSSR count). The summed E-state index contributed by atoms with van der Waals surface area (Å²) in [6.07, 6.45) is 7.22. The van der Waals surface area contributed by atoms with Crippen LogP contribution in [0, 0.1) is 0 Å². The van der Waals surface area contributed by atoms with Crippen molar-refractivity contribution in [2.45, 2.75) is 52.9 Å². The summed E-state index contributed by atoms with van der Waals surface area (Å²) in [5.74, 6) is 0. The van der Waals surface area contributed by atoms with Crippen LogP contribution < -0.4 is 5.48 Å². The Labute approximate surface area is 93.3 Å². The lowest BCUT2D eigenvalue weighted by molar-refractivity contribution is 0.165. The number of nitrogens with one attached hydrogen (secondary N) is 1. The van der Waals surface area contributed by atoms with Crippen molar-refractivity contribution in [3.05, 3.63) is 11.3 Å². The molecule has 0 unspecified atom stereocenters. The molecule has 0 saturated heterocycles. The maximum absolute atomic E-state index is 8.43. The molecule has 0 spiro atoms. The zero-order valence-electron chi connectivity index (χ0n) is 10.2. The summed E-state index contributed by atoms with van der Waals surface area (Å²) < 4.78 is 0. The van der Waals surface area contributed by atoms with Gasteiger partial charge < -0.3 is 5.21 Å². The molecule has 0 aliphatic heterocycles. The summed E-state index contributed by atoms with van der Waals surface area (Å²) in [4.78, 5) is 4.40. The molecular weight excluding hydrogens is 188 g/mol. The summed E-state index contributed by atoms with van der Waals surface area (Å²) in [7, 11) is 0. The SMILES string of the molecule is CCC=NC(C)=C(CC)CCCCNO. The zero-order chi connectivity index (χ0) is 11.5. The molecule has 0 atom stereocenters. The van der Waals surface area contributed by atoms with Crippen LogP contribution in [0.2, 0.25) is 0 Å². The molecule has 0 amide bonds. The Morgan fingerprint density at radius 3 is 2.60 bits per heavy atom. The van der Waals surface area contributed by atoms with Gasteiger partial charge in [-0.15, -0.1) is 0 Å². The van der Waals surface area contributed by atoms with Gasteiger partial charge in [0.2, 0.25) is 0 Å². The van der Waals surface area contributed by atoms with E-state index in [9.17, 15) is 0 Å². The second-order valence-corrected chi connectivity index (χ2v) is 3.63. The highest BCUT2D eigenvalue weighted by atomic mass is 16.5. The Bertz CT molecular complexity index is 210. The van der Waals surface area contributed by atoms with Crippen LogP contribution in [0.1, 0.15) is 52.9 Å². The highest BCUT2D eigenvalue weighted by molar-refractivity contribution is 5.58. The van der Waals surface area contributed by atoms with Crippen LogP contribution >= 0.6 is 0 Å². The van der Waals surface area contributed by atoms with Crippen LogP contribution in [0.15, 0.2) is 16.3 Å². The van der Waals surface area contributed by atoms with E-state index in [4.69, 9.17) is 5.21 Å². The van der Waals surface area contributed by atoms with Gasteiger partial charge in [-0.05, 0) is 44.6 Å². The van der Waals surface area contributed by atoms with Gasteiger partial charge in [0, 0.05) is 18.5 Å². The Kier molecular flexibility index (Phi) is 9.43. The van der Waals surface area contributed by atoms with Gasteiger partial charge in [-0.1, -0.05) is 13.8 Å². The Hall–Kier alpha value is -0.670. The lowest BCUT2D eigenvalue weighted by Crippen LogP contribution is -2.08. The van der Waals surface area contributed by atoms with E-state index in [2.05, 4.69) is 31.2 Å². The van der Waals surface area contributed by atoms with E-state index in [0.29, 0.717) is 6.54 Å². The topological polar surface area (TPSA) is 44.6 Å². The molecule has 0 aromatic heterocycles. The van der Waals surface area contributed by atoms with Gasteiger partial charge in [0.05, 0.1) is 0 Å². The standard InChI is InChI=1S/C12H24N2O/c1-4-9-13-11(3)12(5-2)8-6-7-10-14-15/h9,14-15H,4-8,10H2,1-3H3. The molecule has 0 aromatic carbocycles. The molecule has 0 radical (unpaired) electrons. The number of hydrogen-bond acceptors (Lipinski definition) is 3. The van der Waals surface area contributed by atoms with E-state index in [1.807, 2.05) is 6.21 Å². The molecule has 0 aliphatic rings. The molecule has 0 saturated carbocycles. The first-order chi connectivity index (χ1) is 7.26. The zero-order valence-corrected chi connectivity index (χ0v) is 10.2. The predicted molar refractivity (Wildman–Crippen MR) is 65.4 cm³/mol. The predicted octanol–water partition coefficient (Wildman–Crippen LogP) is 3.30. The second kappa shape index (κ2) is 9.87. The third-order valence-electron chi connectivity index (χ3n) is 2.42. The van der Waals surface area contributed by atoms with Gasteiger partial charge in [0.25, 0.3) is 0 Å². The number of aliphatic imine (C=N–C) groups is 1. The van der Waals surface area contributed by atoms with Crippen molar-refractivity contribution in [2.75, 3.05) is 6.54 Å². The third kappa shape index (κ3) is 7.28. The maximum atomic E-state index is 8.43. The number of nitrogens with zero attached hydrogens (tertiary/aromatic N) is 1. The molecular formula is C12H24N2O. The van der Waals surface area contributed by atoms with Gasteiger partial charge in [-0.3, -0.25) is 4.99 Å². The molecule has 0 aliphatic carbocycles. The lowest BCUT2D eigenvalue weighted by Gasteiger charge is -2.06. The fraction of sp³-hybridized carbons (Fsp3) is 0.750. The van der Waals surface area contributed by atoms with Crippen LogP contribution in [-0.2, 0) is 0 Å². The molecule has 3 nitrogen and oxygen atoms in total. The van der Waals surface area contributed by atoms with Crippen LogP contribution in [0.3, 0.4) is 0 Å². The number of rotatable bonds is 8. The minimum Gasteiger partial charge on any atom is -0.317 e. The van der Waals surface area contributed by atoms with E-state index in [1.54, 1.807) is 0 Å². The van der Waals surface area contributed by atoms with E-state index in [-0.39, 0.29) is 0 Å². The fourth-order valence-electron chi connectivity index (χ4n) is 1.48. The lowest BCUT2D eigenvalue weighted by atomic mass is 10.0. The number of hydrogen-bond donors (Lipinski definition) is 2. The van der Waals surface area contributed by atoms with Crippen molar-refractivity contribution >= 4 is 6.21 Å². The maximum Gasteiger partial charge on any atom is 0.0360 e. The van der Waals surface area contributed by atoms with Crippen molar-refractivity contribution in [3.63, 3.8) is 0 Å². The molecule has 3 heteroatoms. The normalized spacial score (nSPS) is 13.3. The highest BCUT2D eigenvalue weighted by Crippen LogP contribution is 2.16.